The monoisotopic (exact) mass is 315 g/mol. The van der Waals surface area contributed by atoms with Gasteiger partial charge in [0.05, 0.1) is 5.60 Å². The Hall–Kier alpha value is -1.39. The summed E-state index contributed by atoms with van der Waals surface area (Å²) < 4.78 is 6.38. The quantitative estimate of drug-likeness (QED) is 0.880. The minimum Gasteiger partial charge on any atom is -0.507 e. The van der Waals surface area contributed by atoms with Gasteiger partial charge in [-0.1, -0.05) is 25.5 Å². The molecular formula is C19H25NO3. The summed E-state index contributed by atoms with van der Waals surface area (Å²) in [5, 5.41) is 10.9. The van der Waals surface area contributed by atoms with Crippen molar-refractivity contribution in [3.63, 3.8) is 0 Å². The van der Waals surface area contributed by atoms with Crippen LogP contribution in [0.25, 0.3) is 0 Å². The summed E-state index contributed by atoms with van der Waals surface area (Å²) in [6, 6.07) is 4.00. The van der Waals surface area contributed by atoms with Gasteiger partial charge in [-0.05, 0) is 30.9 Å². The van der Waals surface area contributed by atoms with Gasteiger partial charge in [0.15, 0.2) is 0 Å². The molecule has 0 unspecified atom stereocenters. The maximum Gasteiger partial charge on any atom is 0.134 e. The number of rotatable bonds is 2. The van der Waals surface area contributed by atoms with E-state index in [0.717, 1.165) is 42.4 Å². The van der Waals surface area contributed by atoms with Crippen molar-refractivity contribution in [2.75, 3.05) is 0 Å². The van der Waals surface area contributed by atoms with Crippen LogP contribution in [-0.2, 0) is 21.4 Å². The lowest BCUT2D eigenvalue weighted by Crippen LogP contribution is -2.72. The number of ketones is 1. The molecule has 2 bridgehead atoms. The first-order chi connectivity index (χ1) is 10.8. The minimum absolute atomic E-state index is 0.274. The molecule has 2 heterocycles. The van der Waals surface area contributed by atoms with Gasteiger partial charge in [0.1, 0.15) is 17.3 Å². The van der Waals surface area contributed by atoms with Crippen LogP contribution in [0.1, 0.15) is 62.1 Å². The van der Waals surface area contributed by atoms with Crippen LogP contribution in [0.5, 0.6) is 5.75 Å². The number of carbonyl (C=O) groups excluding carboxylic acids is 1. The zero-order chi connectivity index (χ0) is 16.5. The Balaban J connectivity index is 2.02. The number of phenolic OH excluding ortho intramolecular Hbond substituents is 1. The van der Waals surface area contributed by atoms with Crippen molar-refractivity contribution >= 4 is 5.78 Å². The summed E-state index contributed by atoms with van der Waals surface area (Å²) >= 11 is 0. The molecule has 124 valence electrons. The molecule has 2 aliphatic carbocycles. The number of aromatic hydroxyl groups is 1. The smallest absolute Gasteiger partial charge is 0.134 e. The maximum absolute atomic E-state index is 12.4. The Labute approximate surface area is 137 Å². The summed E-state index contributed by atoms with van der Waals surface area (Å²) in [4.78, 5) is 12.4. The van der Waals surface area contributed by atoms with E-state index in [4.69, 9.17) is 10.5 Å². The highest BCUT2D eigenvalue weighted by Gasteiger charge is 2.69. The van der Waals surface area contributed by atoms with Crippen LogP contribution in [0.4, 0.5) is 0 Å². The van der Waals surface area contributed by atoms with Crippen molar-refractivity contribution in [3.05, 3.63) is 28.8 Å². The van der Waals surface area contributed by atoms with Crippen LogP contribution in [0.2, 0.25) is 0 Å². The predicted molar refractivity (Wildman–Crippen MR) is 87.3 cm³/mol. The van der Waals surface area contributed by atoms with E-state index in [1.165, 1.54) is 0 Å². The summed E-state index contributed by atoms with van der Waals surface area (Å²) in [5.74, 6) is 0.612. The fraction of sp³-hybridized carbons (Fsp3) is 0.632. The highest BCUT2D eigenvalue weighted by Crippen LogP contribution is 2.64. The van der Waals surface area contributed by atoms with E-state index in [0.29, 0.717) is 25.0 Å². The van der Waals surface area contributed by atoms with Crippen molar-refractivity contribution < 1.29 is 14.6 Å². The number of carbonyl (C=O) groups is 1. The zero-order valence-electron chi connectivity index (χ0n) is 13.9. The van der Waals surface area contributed by atoms with E-state index in [2.05, 4.69) is 13.0 Å². The molecular weight excluding hydrogens is 290 g/mol. The molecule has 1 saturated heterocycles. The van der Waals surface area contributed by atoms with Crippen molar-refractivity contribution in [1.29, 1.82) is 0 Å². The van der Waals surface area contributed by atoms with Gasteiger partial charge in [0.2, 0.25) is 0 Å². The first-order valence-corrected chi connectivity index (χ1v) is 8.67. The Morgan fingerprint density at radius 3 is 2.78 bits per heavy atom. The number of phenols is 1. The highest BCUT2D eigenvalue weighted by molar-refractivity contribution is 5.82. The molecule has 4 heteroatoms. The molecule has 1 aromatic rings. The average Bonchev–Trinajstić information content (AvgIpc) is 2.60. The second-order valence-electron chi connectivity index (χ2n) is 7.83. The number of benzene rings is 1. The lowest BCUT2D eigenvalue weighted by molar-refractivity contribution is -0.304. The third-order valence-corrected chi connectivity index (χ3v) is 6.27. The average molecular weight is 315 g/mol. The number of Topliss-reactive ketones (excluding diaryl/α,β-unsaturated/α-hetero) is 1. The van der Waals surface area contributed by atoms with Crippen LogP contribution in [0.15, 0.2) is 12.1 Å². The van der Waals surface area contributed by atoms with Gasteiger partial charge in [-0.3, -0.25) is 4.79 Å². The van der Waals surface area contributed by atoms with Crippen molar-refractivity contribution in [3.8, 4) is 5.75 Å². The molecule has 3 atom stereocenters. The standard InChI is InChI=1S/C19H25NO3/c1-3-7-17-10-14(21)6-8-18(17)11-19(20,23-18)9-13-5-4-12(2)16(22)15(13)17/h4-5,22H,3,6-11,20H2,1-2H3/t17-,18-,19-/m1/s1. The van der Waals surface area contributed by atoms with Crippen molar-refractivity contribution in [2.45, 2.75) is 75.5 Å². The summed E-state index contributed by atoms with van der Waals surface area (Å²) in [7, 11) is 0. The Morgan fingerprint density at radius 2 is 2.09 bits per heavy atom. The fourth-order valence-electron chi connectivity index (χ4n) is 5.46. The maximum atomic E-state index is 12.4. The minimum atomic E-state index is -0.647. The molecule has 1 saturated carbocycles. The van der Waals surface area contributed by atoms with E-state index in [1.807, 2.05) is 13.0 Å². The largest absolute Gasteiger partial charge is 0.507 e. The van der Waals surface area contributed by atoms with Crippen molar-refractivity contribution in [1.82, 2.24) is 0 Å². The molecule has 5 rings (SSSR count). The number of hydrogen-bond donors (Lipinski definition) is 2. The van der Waals surface area contributed by atoms with Gasteiger partial charge in [-0.25, -0.2) is 0 Å². The molecule has 1 aromatic carbocycles. The van der Waals surface area contributed by atoms with Crippen LogP contribution < -0.4 is 5.73 Å². The van der Waals surface area contributed by atoms with E-state index < -0.39 is 11.1 Å². The Morgan fingerprint density at radius 1 is 1.35 bits per heavy atom. The number of ether oxygens (including phenoxy) is 1. The lowest BCUT2D eigenvalue weighted by Gasteiger charge is -2.62. The van der Waals surface area contributed by atoms with Crippen molar-refractivity contribution in [2.24, 2.45) is 5.73 Å². The summed E-state index contributed by atoms with van der Waals surface area (Å²) in [5.41, 5.74) is 7.84. The topological polar surface area (TPSA) is 72.6 Å². The van der Waals surface area contributed by atoms with Crippen LogP contribution >= 0.6 is 0 Å². The molecule has 1 spiro atoms. The third kappa shape index (κ3) is 1.82. The van der Waals surface area contributed by atoms with Crippen LogP contribution in [-0.4, -0.2) is 22.2 Å². The molecule has 2 fully saturated rings. The molecule has 3 N–H and O–H groups in total. The third-order valence-electron chi connectivity index (χ3n) is 6.27. The molecule has 0 aromatic heterocycles. The van der Waals surface area contributed by atoms with E-state index in [1.54, 1.807) is 0 Å². The second-order valence-corrected chi connectivity index (χ2v) is 7.83. The highest BCUT2D eigenvalue weighted by atomic mass is 16.6. The van der Waals surface area contributed by atoms with Crippen LogP contribution in [0.3, 0.4) is 0 Å². The van der Waals surface area contributed by atoms with Gasteiger partial charge < -0.3 is 15.6 Å². The van der Waals surface area contributed by atoms with Gasteiger partial charge in [-0.2, -0.15) is 0 Å². The summed E-state index contributed by atoms with van der Waals surface area (Å²) in [6.45, 7) is 4.05. The first kappa shape index (κ1) is 15.2. The lowest BCUT2D eigenvalue weighted by atomic mass is 9.54. The van der Waals surface area contributed by atoms with Gasteiger partial charge >= 0.3 is 0 Å². The SMILES string of the molecule is CCC[C@]12CC(=O)CC[C@@]13C[C@@](N)(Cc1ccc(C)c(O)c12)O3. The molecule has 2 aliphatic heterocycles. The van der Waals surface area contributed by atoms with Gasteiger partial charge in [0, 0.05) is 36.7 Å². The van der Waals surface area contributed by atoms with Crippen LogP contribution in [0, 0.1) is 6.92 Å². The molecule has 23 heavy (non-hydrogen) atoms. The zero-order valence-corrected chi connectivity index (χ0v) is 13.9. The predicted octanol–water partition coefficient (Wildman–Crippen LogP) is 2.86. The van der Waals surface area contributed by atoms with E-state index in [9.17, 15) is 9.90 Å². The normalized spacial score (nSPS) is 38.3. The van der Waals surface area contributed by atoms with E-state index in [-0.39, 0.29) is 11.4 Å². The molecule has 0 radical (unpaired) electrons. The molecule has 4 aliphatic rings. The van der Waals surface area contributed by atoms with E-state index >= 15 is 0 Å². The molecule has 4 nitrogen and oxygen atoms in total. The first-order valence-electron chi connectivity index (χ1n) is 8.67. The number of hydrogen-bond acceptors (Lipinski definition) is 4. The molecule has 0 amide bonds. The second kappa shape index (κ2) is 4.58. The number of aryl methyl sites for hydroxylation is 1. The Kier molecular flexibility index (Phi) is 3.02. The Bertz CT molecular complexity index is 690. The van der Waals surface area contributed by atoms with Gasteiger partial charge in [-0.15, -0.1) is 0 Å². The van der Waals surface area contributed by atoms with Gasteiger partial charge in [0.25, 0.3) is 0 Å². The summed E-state index contributed by atoms with van der Waals surface area (Å²) in [6.07, 6.45) is 4.92. The fourth-order valence-corrected chi connectivity index (χ4v) is 5.46. The number of nitrogens with two attached hydrogens (primary N) is 1.